The maximum Gasteiger partial charge on any atom is 0.328 e. The normalized spacial score (nSPS) is 21.8. The number of pyridine rings is 1. The van der Waals surface area contributed by atoms with Crippen LogP contribution in [-0.2, 0) is 24.3 Å². The second-order valence-corrected chi connectivity index (χ2v) is 17.3. The number of rotatable bonds is 10. The summed E-state index contributed by atoms with van der Waals surface area (Å²) in [5.74, 6) is -4.02. The van der Waals surface area contributed by atoms with Crippen molar-refractivity contribution in [1.29, 1.82) is 0 Å². The van der Waals surface area contributed by atoms with E-state index >= 15 is 8.78 Å². The van der Waals surface area contributed by atoms with Crippen molar-refractivity contribution in [3.63, 3.8) is 0 Å². The van der Waals surface area contributed by atoms with Crippen molar-refractivity contribution in [3.8, 4) is 11.3 Å². The average Bonchev–Trinajstić information content (AvgIpc) is 3.55. The van der Waals surface area contributed by atoms with Gasteiger partial charge in [0.05, 0.1) is 41.3 Å². The van der Waals surface area contributed by atoms with Gasteiger partial charge in [0.1, 0.15) is 17.0 Å². The maximum atomic E-state index is 15.9. The summed E-state index contributed by atoms with van der Waals surface area (Å²) in [6, 6.07) is 13.4. The van der Waals surface area contributed by atoms with E-state index in [4.69, 9.17) is 21.7 Å². The lowest BCUT2D eigenvalue weighted by Crippen LogP contribution is -2.69. The van der Waals surface area contributed by atoms with E-state index in [0.29, 0.717) is 48.8 Å². The summed E-state index contributed by atoms with van der Waals surface area (Å²) in [5.41, 5.74) is 5.43. The average molecular weight is 872 g/mol. The molecule has 7 heterocycles. The Bertz CT molecular complexity index is 2640. The molecule has 1 unspecified atom stereocenters. The molecule has 3 N–H and O–H groups in total. The highest BCUT2D eigenvalue weighted by atomic mass is 35.5. The van der Waals surface area contributed by atoms with Crippen LogP contribution in [0.5, 0.6) is 0 Å². The molecule has 4 aliphatic heterocycles. The van der Waals surface area contributed by atoms with Crippen LogP contribution in [0.2, 0.25) is 5.02 Å². The fraction of sp³-hybridized carbons (Fsp3) is 0.395. The summed E-state index contributed by atoms with van der Waals surface area (Å²) in [5, 5.41) is 12.6. The minimum atomic E-state index is -2.99. The van der Waals surface area contributed by atoms with Crippen LogP contribution in [0.15, 0.2) is 60.9 Å². The van der Waals surface area contributed by atoms with Crippen molar-refractivity contribution in [3.05, 3.63) is 94.1 Å². The largest absolute Gasteiger partial charge is 0.385 e. The molecule has 2 atom stereocenters. The second kappa shape index (κ2) is 15.2. The van der Waals surface area contributed by atoms with Crippen LogP contribution < -0.4 is 25.8 Å². The Morgan fingerprint density at radius 1 is 0.935 bits per heavy atom. The molecule has 62 heavy (non-hydrogen) atoms. The first-order valence-corrected chi connectivity index (χ1v) is 21.0. The number of imide groups is 1. The molecule has 1 aliphatic carbocycles. The molecule has 0 radical (unpaired) electrons. The molecule has 14 nitrogen and oxygen atoms in total. The maximum absolute atomic E-state index is 15.9. The number of nitrogens with zero attached hydrogens (tertiary/aromatic N) is 8. The van der Waals surface area contributed by atoms with Crippen LogP contribution in [0.4, 0.5) is 45.2 Å². The number of halogens is 5. The summed E-state index contributed by atoms with van der Waals surface area (Å²) >= 11 is 6.20. The summed E-state index contributed by atoms with van der Waals surface area (Å²) in [4.78, 5) is 53.2. The Morgan fingerprint density at radius 3 is 2.45 bits per heavy atom. The first-order chi connectivity index (χ1) is 29.8. The molecule has 3 aromatic heterocycles. The van der Waals surface area contributed by atoms with Crippen LogP contribution in [-0.4, -0.2) is 112 Å². The zero-order valence-electron chi connectivity index (χ0n) is 33.6. The predicted molar refractivity (Wildman–Crippen MR) is 223 cm³/mol. The smallest absolute Gasteiger partial charge is 0.328 e. The van der Waals surface area contributed by atoms with Gasteiger partial charge in [0.25, 0.3) is 11.8 Å². The van der Waals surface area contributed by atoms with Crippen LogP contribution in [0.1, 0.15) is 46.4 Å². The van der Waals surface area contributed by atoms with Crippen LogP contribution in [0.25, 0.3) is 16.9 Å². The summed E-state index contributed by atoms with van der Waals surface area (Å²) in [6.07, 6.45) is 3.53. The van der Waals surface area contributed by atoms with E-state index in [1.165, 1.54) is 27.7 Å². The lowest BCUT2D eigenvalue weighted by atomic mass is 9.69. The molecule has 4 amide bonds. The molecule has 19 heteroatoms. The quantitative estimate of drug-likeness (QED) is 0.144. The van der Waals surface area contributed by atoms with Gasteiger partial charge in [-0.05, 0) is 60.3 Å². The Hall–Kier alpha value is -5.85. The van der Waals surface area contributed by atoms with Crippen molar-refractivity contribution < 1.29 is 31.9 Å². The highest BCUT2D eigenvalue weighted by Gasteiger charge is 2.62. The number of carbonyl (C=O) groups excluding carboxylic acids is 3. The van der Waals surface area contributed by atoms with Gasteiger partial charge >= 0.3 is 6.03 Å². The van der Waals surface area contributed by atoms with Gasteiger partial charge in [0.15, 0.2) is 17.2 Å². The number of benzene rings is 2. The van der Waals surface area contributed by atoms with Crippen molar-refractivity contribution in [2.45, 2.75) is 56.9 Å². The number of hydrogen-bond acceptors (Lipinski definition) is 10. The standard InChI is InChI=1S/C43H42ClF4N11O3/c1-49-32-16-36(54-59-35(18-51-39(32)59)40(61)52-31-15-28(31)45)57-10-7-27-26(3-2-4-33(27)57)30-6-5-24(17-50-30)19-56-21-42(22-56)9-12-55(23-43(42,47)48)20-25-13-29(46)38(44)34(14-25)58-11-8-37(60)53-41(58)62/h2-6,13-14,16-18,28,31,49H,7-12,15,19-23H2,1H3,(H,52,61)(H,53,60,62)/t28-,31?/m0/s1. The van der Waals surface area contributed by atoms with Gasteiger partial charge in [-0.1, -0.05) is 29.8 Å². The van der Waals surface area contributed by atoms with E-state index in [9.17, 15) is 23.2 Å². The van der Waals surface area contributed by atoms with Crippen molar-refractivity contribution in [2.75, 3.05) is 61.4 Å². The van der Waals surface area contributed by atoms with Gasteiger partial charge in [-0.25, -0.2) is 31.9 Å². The second-order valence-electron chi connectivity index (χ2n) is 16.9. The lowest BCUT2D eigenvalue weighted by molar-refractivity contribution is -0.227. The van der Waals surface area contributed by atoms with E-state index in [1.807, 2.05) is 41.3 Å². The SMILES string of the molecule is CNc1cc(N2CCc3c(-c4ccc(CN5CC6(CCN(Cc7cc(F)c(Cl)c(N8CCC(=O)NC8=O)c7)CC6(F)F)C5)cn4)cccc32)nn2c(C(=O)NC3C[C@@H]3F)cnc12. The molecule has 322 valence electrons. The third kappa shape index (κ3) is 7.06. The van der Waals surface area contributed by atoms with E-state index in [0.717, 1.165) is 34.5 Å². The third-order valence-electron chi connectivity index (χ3n) is 12.8. The van der Waals surface area contributed by atoms with Gasteiger partial charge in [-0.3, -0.25) is 34.6 Å². The fourth-order valence-corrected chi connectivity index (χ4v) is 9.54. The predicted octanol–water partition coefficient (Wildman–Crippen LogP) is 5.95. The number of imidazole rings is 1. The topological polar surface area (TPSA) is 143 Å². The van der Waals surface area contributed by atoms with Crippen molar-refractivity contribution >= 4 is 58.0 Å². The minimum absolute atomic E-state index is 0.0304. The molecule has 5 aromatic rings. The van der Waals surface area contributed by atoms with Gasteiger partial charge in [0, 0.05) is 82.7 Å². The number of fused-ring (bicyclic) bond motifs is 2. The van der Waals surface area contributed by atoms with Crippen LogP contribution in [0, 0.1) is 11.2 Å². The van der Waals surface area contributed by atoms with E-state index in [1.54, 1.807) is 18.1 Å². The fourth-order valence-electron chi connectivity index (χ4n) is 9.33. The Balaban J connectivity index is 0.785. The van der Waals surface area contributed by atoms with Gasteiger partial charge in [0.2, 0.25) is 5.91 Å². The van der Waals surface area contributed by atoms with Gasteiger partial charge in [-0.15, -0.1) is 5.10 Å². The first kappa shape index (κ1) is 40.2. The molecular formula is C43H42ClF4N11O3. The van der Waals surface area contributed by atoms with Crippen molar-refractivity contribution in [1.82, 2.24) is 40.0 Å². The Morgan fingerprint density at radius 2 is 1.73 bits per heavy atom. The number of urea groups is 1. The number of carbonyl (C=O) groups is 3. The summed E-state index contributed by atoms with van der Waals surface area (Å²) < 4.78 is 61.8. The monoisotopic (exact) mass is 871 g/mol. The van der Waals surface area contributed by atoms with E-state index < -0.39 is 53.8 Å². The molecule has 10 rings (SSSR count). The zero-order valence-corrected chi connectivity index (χ0v) is 34.4. The molecule has 0 bridgehead atoms. The minimum Gasteiger partial charge on any atom is -0.385 e. The Labute approximate surface area is 358 Å². The number of hydrogen-bond donors (Lipinski definition) is 3. The van der Waals surface area contributed by atoms with E-state index in [2.05, 4.69) is 25.8 Å². The molecule has 1 spiro atoms. The first-order valence-electron chi connectivity index (χ1n) is 20.6. The van der Waals surface area contributed by atoms with Crippen LogP contribution in [0.3, 0.4) is 0 Å². The number of amides is 4. The zero-order chi connectivity index (χ0) is 43.1. The number of likely N-dealkylation sites (tertiary alicyclic amines) is 2. The molecular weight excluding hydrogens is 830 g/mol. The Kier molecular flexibility index (Phi) is 9.86. The summed E-state index contributed by atoms with van der Waals surface area (Å²) in [6.45, 7) is 1.56. The molecule has 4 fully saturated rings. The highest BCUT2D eigenvalue weighted by Crippen LogP contribution is 2.51. The van der Waals surface area contributed by atoms with Gasteiger partial charge < -0.3 is 15.5 Å². The number of nitrogens with one attached hydrogen (secondary N) is 3. The summed E-state index contributed by atoms with van der Waals surface area (Å²) in [7, 11) is 1.77. The molecule has 5 aliphatic rings. The van der Waals surface area contributed by atoms with Gasteiger partial charge in [-0.2, -0.15) is 0 Å². The third-order valence-corrected chi connectivity index (χ3v) is 13.1. The molecule has 1 saturated carbocycles. The van der Waals surface area contributed by atoms with Crippen molar-refractivity contribution in [2.24, 2.45) is 5.41 Å². The van der Waals surface area contributed by atoms with Crippen LogP contribution >= 0.6 is 11.6 Å². The lowest BCUT2D eigenvalue weighted by Gasteiger charge is -2.57. The van der Waals surface area contributed by atoms with E-state index in [-0.39, 0.29) is 55.4 Å². The number of anilines is 4. The number of piperidine rings is 1. The highest BCUT2D eigenvalue weighted by molar-refractivity contribution is 6.34. The number of aromatic nitrogens is 4. The molecule has 2 aromatic carbocycles. The molecule has 3 saturated heterocycles. The number of alkyl halides is 3.